The van der Waals surface area contributed by atoms with Crippen LogP contribution in [0.1, 0.15) is 17.4 Å². The van der Waals surface area contributed by atoms with Crippen LogP contribution in [-0.2, 0) is 4.79 Å². The molecule has 0 radical (unpaired) electrons. The number of rotatable bonds is 2. The monoisotopic (exact) mass is 232 g/mol. The molecule has 5 heteroatoms. The van der Waals surface area contributed by atoms with Gasteiger partial charge in [-0.2, -0.15) is 0 Å². The Balaban J connectivity index is 2.50. The Morgan fingerprint density at radius 2 is 2.00 bits per heavy atom. The highest BCUT2D eigenvalue weighted by Gasteiger charge is 2.10. The largest absolute Gasteiger partial charge is 0.477 e. The smallest absolute Gasteiger partial charge is 0.352 e. The highest BCUT2D eigenvalue weighted by molar-refractivity contribution is 5.97. The molecule has 0 aliphatic heterocycles. The number of nitrogens with one attached hydrogen (secondary N) is 1. The minimum Gasteiger partial charge on any atom is -0.477 e. The summed E-state index contributed by atoms with van der Waals surface area (Å²) in [5, 5.41) is 9.63. The van der Waals surface area contributed by atoms with Crippen LogP contribution in [0.25, 0.3) is 10.9 Å². The Kier molecular flexibility index (Phi) is 2.59. The third-order valence-electron chi connectivity index (χ3n) is 2.69. The number of H-pyrrole nitrogens is 1. The summed E-state index contributed by atoms with van der Waals surface area (Å²) < 4.78 is 0. The summed E-state index contributed by atoms with van der Waals surface area (Å²) in [6.07, 6.45) is 0. The molecule has 1 amide bonds. The fourth-order valence-electron chi connectivity index (χ4n) is 1.63. The van der Waals surface area contributed by atoms with Gasteiger partial charge in [-0.3, -0.25) is 4.79 Å². The first-order valence-electron chi connectivity index (χ1n) is 5.09. The van der Waals surface area contributed by atoms with Crippen molar-refractivity contribution in [2.24, 2.45) is 0 Å². The zero-order chi connectivity index (χ0) is 12.6. The second-order valence-electron chi connectivity index (χ2n) is 3.84. The average Bonchev–Trinajstić information content (AvgIpc) is 2.70. The normalized spacial score (nSPS) is 10.5. The number of nitrogens with zero attached hydrogens (tertiary/aromatic N) is 1. The first-order chi connectivity index (χ1) is 7.99. The average molecular weight is 232 g/mol. The third kappa shape index (κ3) is 1.99. The number of carbonyl (C=O) groups excluding carboxylic acids is 1. The highest BCUT2D eigenvalue weighted by atomic mass is 16.4. The van der Waals surface area contributed by atoms with Crippen LogP contribution in [0, 0.1) is 0 Å². The number of carboxylic acids is 1. The lowest BCUT2D eigenvalue weighted by Crippen LogP contribution is -2.22. The van der Waals surface area contributed by atoms with E-state index in [9.17, 15) is 9.59 Å². The van der Waals surface area contributed by atoms with Crippen LogP contribution >= 0.6 is 0 Å². The summed E-state index contributed by atoms with van der Waals surface area (Å²) in [4.78, 5) is 26.3. The van der Waals surface area contributed by atoms with Gasteiger partial charge < -0.3 is 15.0 Å². The number of carbonyl (C=O) groups is 2. The van der Waals surface area contributed by atoms with Crippen molar-refractivity contribution in [3.63, 3.8) is 0 Å². The molecule has 1 aromatic carbocycles. The van der Waals surface area contributed by atoms with E-state index in [0.29, 0.717) is 0 Å². The zero-order valence-corrected chi connectivity index (χ0v) is 9.52. The molecule has 2 aromatic rings. The van der Waals surface area contributed by atoms with E-state index in [4.69, 9.17) is 5.11 Å². The van der Waals surface area contributed by atoms with E-state index < -0.39 is 5.97 Å². The Morgan fingerprint density at radius 3 is 2.59 bits per heavy atom. The molecular weight excluding hydrogens is 220 g/mol. The maximum absolute atomic E-state index is 11.2. The van der Waals surface area contributed by atoms with E-state index in [1.54, 1.807) is 31.3 Å². The molecule has 5 nitrogen and oxygen atoms in total. The maximum Gasteiger partial charge on any atom is 0.352 e. The van der Waals surface area contributed by atoms with Gasteiger partial charge in [0.05, 0.1) is 0 Å². The van der Waals surface area contributed by atoms with Crippen LogP contribution < -0.4 is 4.90 Å². The van der Waals surface area contributed by atoms with Gasteiger partial charge in [-0.05, 0) is 24.3 Å². The SMILES string of the molecule is CC(=O)N(C)c1ccc2[nH]c(C(=O)O)cc2c1. The maximum atomic E-state index is 11.2. The molecule has 0 bridgehead atoms. The van der Waals surface area contributed by atoms with E-state index >= 15 is 0 Å². The van der Waals surface area contributed by atoms with Gasteiger partial charge in [-0.15, -0.1) is 0 Å². The lowest BCUT2D eigenvalue weighted by molar-refractivity contribution is -0.116. The van der Waals surface area contributed by atoms with Crippen LogP contribution in [0.2, 0.25) is 0 Å². The molecule has 1 heterocycles. The summed E-state index contributed by atoms with van der Waals surface area (Å²) in [6.45, 7) is 1.48. The van der Waals surface area contributed by atoms with Gasteiger partial charge in [0.15, 0.2) is 0 Å². The van der Waals surface area contributed by atoms with Crippen molar-refractivity contribution >= 4 is 28.5 Å². The van der Waals surface area contributed by atoms with Crippen LogP contribution in [0.15, 0.2) is 24.3 Å². The number of benzene rings is 1. The lowest BCUT2D eigenvalue weighted by Gasteiger charge is -2.14. The van der Waals surface area contributed by atoms with Crippen molar-refractivity contribution in [3.8, 4) is 0 Å². The van der Waals surface area contributed by atoms with Crippen molar-refractivity contribution in [1.82, 2.24) is 4.98 Å². The van der Waals surface area contributed by atoms with E-state index in [2.05, 4.69) is 4.98 Å². The predicted octanol–water partition coefficient (Wildman–Crippen LogP) is 1.85. The summed E-state index contributed by atoms with van der Waals surface area (Å²) in [6, 6.07) is 6.86. The number of aromatic carboxylic acids is 1. The molecule has 17 heavy (non-hydrogen) atoms. The standard InChI is InChI=1S/C12H12N2O3/c1-7(15)14(2)9-3-4-10-8(5-9)6-11(13-10)12(16)17/h3-6,13H,1-2H3,(H,16,17). The summed E-state index contributed by atoms with van der Waals surface area (Å²) >= 11 is 0. The molecule has 2 rings (SSSR count). The van der Waals surface area contributed by atoms with Gasteiger partial charge in [0.2, 0.25) is 5.91 Å². The van der Waals surface area contributed by atoms with Gasteiger partial charge in [-0.1, -0.05) is 0 Å². The molecule has 0 atom stereocenters. The number of aromatic amines is 1. The second kappa shape index (κ2) is 3.93. The molecular formula is C12H12N2O3. The minimum absolute atomic E-state index is 0.0710. The Hall–Kier alpha value is -2.30. The summed E-state index contributed by atoms with van der Waals surface area (Å²) in [7, 11) is 1.67. The van der Waals surface area contributed by atoms with Gasteiger partial charge in [-0.25, -0.2) is 4.79 Å². The Bertz CT molecular complexity index is 601. The van der Waals surface area contributed by atoms with Gasteiger partial charge >= 0.3 is 5.97 Å². The van der Waals surface area contributed by atoms with Crippen LogP contribution in [-0.4, -0.2) is 29.0 Å². The highest BCUT2D eigenvalue weighted by Crippen LogP contribution is 2.22. The molecule has 0 saturated heterocycles. The van der Waals surface area contributed by atoms with E-state index in [0.717, 1.165) is 16.6 Å². The molecule has 88 valence electrons. The van der Waals surface area contributed by atoms with Crippen molar-refractivity contribution < 1.29 is 14.7 Å². The number of fused-ring (bicyclic) bond motifs is 1. The number of carboxylic acid groups (broad SMARTS) is 1. The van der Waals surface area contributed by atoms with Crippen molar-refractivity contribution in [1.29, 1.82) is 0 Å². The quantitative estimate of drug-likeness (QED) is 0.829. The summed E-state index contributed by atoms with van der Waals surface area (Å²) in [5.74, 6) is -1.07. The molecule has 0 aliphatic rings. The number of hydrogen-bond donors (Lipinski definition) is 2. The van der Waals surface area contributed by atoms with E-state index in [1.165, 1.54) is 11.8 Å². The predicted molar refractivity (Wildman–Crippen MR) is 64.3 cm³/mol. The lowest BCUT2D eigenvalue weighted by atomic mass is 10.2. The number of hydrogen-bond acceptors (Lipinski definition) is 2. The first-order valence-corrected chi connectivity index (χ1v) is 5.09. The summed E-state index contributed by atoms with van der Waals surface area (Å²) in [5.41, 5.74) is 1.62. The number of anilines is 1. The Labute approximate surface area is 97.7 Å². The molecule has 2 N–H and O–H groups in total. The second-order valence-corrected chi connectivity index (χ2v) is 3.84. The van der Waals surface area contributed by atoms with Crippen LogP contribution in [0.4, 0.5) is 5.69 Å². The minimum atomic E-state index is -0.998. The molecule has 0 unspecified atom stereocenters. The van der Waals surface area contributed by atoms with E-state index in [1.807, 2.05) is 0 Å². The van der Waals surface area contributed by atoms with Crippen molar-refractivity contribution in [3.05, 3.63) is 30.0 Å². The van der Waals surface area contributed by atoms with Gasteiger partial charge in [0, 0.05) is 30.6 Å². The number of amides is 1. The zero-order valence-electron chi connectivity index (χ0n) is 9.52. The molecule has 0 fully saturated rings. The van der Waals surface area contributed by atoms with E-state index in [-0.39, 0.29) is 11.6 Å². The van der Waals surface area contributed by atoms with Crippen LogP contribution in [0.5, 0.6) is 0 Å². The van der Waals surface area contributed by atoms with Crippen molar-refractivity contribution in [2.45, 2.75) is 6.92 Å². The van der Waals surface area contributed by atoms with Gasteiger partial charge in [0.25, 0.3) is 0 Å². The van der Waals surface area contributed by atoms with Crippen LogP contribution in [0.3, 0.4) is 0 Å². The molecule has 0 aliphatic carbocycles. The Morgan fingerprint density at radius 1 is 1.29 bits per heavy atom. The number of aromatic nitrogens is 1. The molecule has 0 saturated carbocycles. The fraction of sp³-hybridized carbons (Fsp3) is 0.167. The first kappa shape index (κ1) is 11.2. The molecule has 1 aromatic heterocycles. The molecule has 0 spiro atoms. The fourth-order valence-corrected chi connectivity index (χ4v) is 1.63. The third-order valence-corrected chi connectivity index (χ3v) is 2.69. The topological polar surface area (TPSA) is 73.4 Å². The van der Waals surface area contributed by atoms with Crippen molar-refractivity contribution in [2.75, 3.05) is 11.9 Å². The van der Waals surface area contributed by atoms with Gasteiger partial charge in [0.1, 0.15) is 5.69 Å².